The van der Waals surface area contributed by atoms with Gasteiger partial charge >= 0.3 is 0 Å². The van der Waals surface area contributed by atoms with Gasteiger partial charge in [0.15, 0.2) is 0 Å². The first-order chi connectivity index (χ1) is 10.0. The molecule has 0 radical (unpaired) electrons. The van der Waals surface area contributed by atoms with Gasteiger partial charge < -0.3 is 5.32 Å². The Morgan fingerprint density at radius 1 is 1.05 bits per heavy atom. The summed E-state index contributed by atoms with van der Waals surface area (Å²) in [5.41, 5.74) is 5.83. The summed E-state index contributed by atoms with van der Waals surface area (Å²) in [6.07, 6.45) is 0. The van der Waals surface area contributed by atoms with E-state index in [0.717, 1.165) is 11.4 Å². The molecule has 0 spiro atoms. The Morgan fingerprint density at radius 2 is 1.86 bits per heavy atom. The van der Waals surface area contributed by atoms with Gasteiger partial charge in [0.25, 0.3) is 0 Å². The number of amides is 1. The fourth-order valence-electron chi connectivity index (χ4n) is 2.08. The van der Waals surface area contributed by atoms with Crippen molar-refractivity contribution in [2.45, 2.75) is 26.5 Å². The highest BCUT2D eigenvalue weighted by Gasteiger charge is 2.04. The summed E-state index contributed by atoms with van der Waals surface area (Å²) in [7, 11) is 0. The Labute approximate surface area is 131 Å². The van der Waals surface area contributed by atoms with Gasteiger partial charge in [0.1, 0.15) is 0 Å². The first-order valence-electron chi connectivity index (χ1n) is 7.05. The van der Waals surface area contributed by atoms with Crippen LogP contribution in [0.5, 0.6) is 0 Å². The number of rotatable bonds is 5. The molecule has 21 heavy (non-hydrogen) atoms. The first kappa shape index (κ1) is 15.6. The number of thioether (sulfide) groups is 1. The number of aryl methyl sites for hydroxylation is 3. The molecule has 0 bridgehead atoms. The summed E-state index contributed by atoms with van der Waals surface area (Å²) in [5, 5.41) is 2.95. The molecule has 1 N–H and O–H groups in total. The minimum Gasteiger partial charge on any atom is -0.325 e. The first-order valence-corrected chi connectivity index (χ1v) is 8.20. The standard InChI is InChI=1S/C18H21NOS/c1-13-5-4-6-16(9-13)11-21-12-18(20)19-17-8-7-14(2)15(3)10-17/h4-10H,11-12H2,1-3H3,(H,19,20). The second-order valence-electron chi connectivity index (χ2n) is 5.33. The number of hydrogen-bond acceptors (Lipinski definition) is 2. The maximum absolute atomic E-state index is 11.9. The molecule has 0 aliphatic carbocycles. The predicted molar refractivity (Wildman–Crippen MR) is 91.9 cm³/mol. The Hall–Kier alpha value is -1.74. The van der Waals surface area contributed by atoms with E-state index in [2.05, 4.69) is 50.4 Å². The molecule has 1 amide bonds. The van der Waals surface area contributed by atoms with E-state index in [1.54, 1.807) is 11.8 Å². The summed E-state index contributed by atoms with van der Waals surface area (Å²) in [6, 6.07) is 14.4. The molecule has 2 rings (SSSR count). The highest BCUT2D eigenvalue weighted by Crippen LogP contribution is 2.16. The quantitative estimate of drug-likeness (QED) is 0.881. The van der Waals surface area contributed by atoms with E-state index in [9.17, 15) is 4.79 Å². The Balaban J connectivity index is 1.81. The lowest BCUT2D eigenvalue weighted by Gasteiger charge is -2.08. The molecule has 0 heterocycles. The van der Waals surface area contributed by atoms with Gasteiger partial charge in [0, 0.05) is 11.4 Å². The van der Waals surface area contributed by atoms with Crippen molar-refractivity contribution in [3.05, 3.63) is 64.7 Å². The zero-order valence-electron chi connectivity index (χ0n) is 12.8. The highest BCUT2D eigenvalue weighted by molar-refractivity contribution is 7.99. The fraction of sp³-hybridized carbons (Fsp3) is 0.278. The van der Waals surface area contributed by atoms with E-state index in [-0.39, 0.29) is 5.91 Å². The van der Waals surface area contributed by atoms with E-state index in [1.807, 2.05) is 18.2 Å². The number of benzene rings is 2. The summed E-state index contributed by atoms with van der Waals surface area (Å²) < 4.78 is 0. The van der Waals surface area contributed by atoms with Crippen molar-refractivity contribution in [1.82, 2.24) is 0 Å². The van der Waals surface area contributed by atoms with Crippen LogP contribution in [0.15, 0.2) is 42.5 Å². The van der Waals surface area contributed by atoms with Crippen LogP contribution in [0.2, 0.25) is 0 Å². The minimum absolute atomic E-state index is 0.0518. The molecular formula is C18H21NOS. The Kier molecular flexibility index (Phi) is 5.45. The second kappa shape index (κ2) is 7.32. The molecule has 2 nitrogen and oxygen atoms in total. The summed E-state index contributed by atoms with van der Waals surface area (Å²) >= 11 is 1.64. The van der Waals surface area contributed by atoms with Crippen molar-refractivity contribution >= 4 is 23.4 Å². The SMILES string of the molecule is Cc1cccc(CSCC(=O)Nc2ccc(C)c(C)c2)c1. The van der Waals surface area contributed by atoms with Crippen molar-refractivity contribution in [2.75, 3.05) is 11.1 Å². The molecule has 110 valence electrons. The molecule has 2 aromatic carbocycles. The molecule has 2 aromatic rings. The third kappa shape index (κ3) is 4.94. The van der Waals surface area contributed by atoms with Crippen LogP contribution in [0.3, 0.4) is 0 Å². The van der Waals surface area contributed by atoms with Crippen LogP contribution in [0.4, 0.5) is 5.69 Å². The normalized spacial score (nSPS) is 10.4. The third-order valence-corrected chi connectivity index (χ3v) is 4.38. The monoisotopic (exact) mass is 299 g/mol. The van der Waals surface area contributed by atoms with Crippen LogP contribution in [-0.4, -0.2) is 11.7 Å². The minimum atomic E-state index is 0.0518. The molecule has 0 aliphatic rings. The molecule has 0 aromatic heterocycles. The summed E-state index contributed by atoms with van der Waals surface area (Å²) in [6.45, 7) is 6.21. The Bertz CT molecular complexity index is 637. The molecule has 0 atom stereocenters. The topological polar surface area (TPSA) is 29.1 Å². The number of carbonyl (C=O) groups excluding carboxylic acids is 1. The molecule has 0 fully saturated rings. The van der Waals surface area contributed by atoms with Crippen molar-refractivity contribution in [3.8, 4) is 0 Å². The van der Waals surface area contributed by atoms with Crippen LogP contribution in [0, 0.1) is 20.8 Å². The van der Waals surface area contributed by atoms with Gasteiger partial charge in [0.05, 0.1) is 5.75 Å². The molecule has 0 unspecified atom stereocenters. The van der Waals surface area contributed by atoms with Crippen LogP contribution in [0.1, 0.15) is 22.3 Å². The number of anilines is 1. The van der Waals surface area contributed by atoms with Crippen LogP contribution < -0.4 is 5.32 Å². The molecule has 0 saturated heterocycles. The average molecular weight is 299 g/mol. The number of nitrogens with one attached hydrogen (secondary N) is 1. The fourth-order valence-corrected chi connectivity index (χ4v) is 2.85. The zero-order valence-corrected chi connectivity index (χ0v) is 13.6. The lowest BCUT2D eigenvalue weighted by molar-refractivity contribution is -0.113. The van der Waals surface area contributed by atoms with Gasteiger partial charge in [0.2, 0.25) is 5.91 Å². The molecular weight excluding hydrogens is 278 g/mol. The van der Waals surface area contributed by atoms with Gasteiger partial charge in [-0.05, 0) is 49.6 Å². The highest BCUT2D eigenvalue weighted by atomic mass is 32.2. The van der Waals surface area contributed by atoms with Crippen molar-refractivity contribution in [3.63, 3.8) is 0 Å². The second-order valence-corrected chi connectivity index (χ2v) is 6.31. The van der Waals surface area contributed by atoms with E-state index in [4.69, 9.17) is 0 Å². The van der Waals surface area contributed by atoms with E-state index in [0.29, 0.717) is 5.75 Å². The number of hydrogen-bond donors (Lipinski definition) is 1. The van der Waals surface area contributed by atoms with Gasteiger partial charge in [-0.1, -0.05) is 35.9 Å². The Morgan fingerprint density at radius 3 is 2.57 bits per heavy atom. The van der Waals surface area contributed by atoms with E-state index >= 15 is 0 Å². The van der Waals surface area contributed by atoms with Crippen LogP contribution in [0.25, 0.3) is 0 Å². The summed E-state index contributed by atoms with van der Waals surface area (Å²) in [5.74, 6) is 1.39. The smallest absolute Gasteiger partial charge is 0.234 e. The lowest BCUT2D eigenvalue weighted by atomic mass is 10.1. The van der Waals surface area contributed by atoms with Gasteiger partial charge in [-0.25, -0.2) is 0 Å². The van der Waals surface area contributed by atoms with Gasteiger partial charge in [-0.3, -0.25) is 4.79 Å². The number of carbonyl (C=O) groups is 1. The van der Waals surface area contributed by atoms with Crippen molar-refractivity contribution in [1.29, 1.82) is 0 Å². The predicted octanol–water partition coefficient (Wildman–Crippen LogP) is 4.48. The summed E-state index contributed by atoms with van der Waals surface area (Å²) in [4.78, 5) is 11.9. The maximum Gasteiger partial charge on any atom is 0.234 e. The molecule has 0 saturated carbocycles. The van der Waals surface area contributed by atoms with Crippen molar-refractivity contribution in [2.24, 2.45) is 0 Å². The molecule has 3 heteroatoms. The van der Waals surface area contributed by atoms with Gasteiger partial charge in [-0.2, -0.15) is 0 Å². The average Bonchev–Trinajstić information content (AvgIpc) is 2.43. The zero-order chi connectivity index (χ0) is 15.2. The third-order valence-electron chi connectivity index (χ3n) is 3.38. The van der Waals surface area contributed by atoms with Crippen LogP contribution >= 0.6 is 11.8 Å². The maximum atomic E-state index is 11.9. The van der Waals surface area contributed by atoms with Crippen molar-refractivity contribution < 1.29 is 4.79 Å². The van der Waals surface area contributed by atoms with E-state index < -0.39 is 0 Å². The van der Waals surface area contributed by atoms with Gasteiger partial charge in [-0.15, -0.1) is 11.8 Å². The van der Waals surface area contributed by atoms with Crippen LogP contribution in [-0.2, 0) is 10.5 Å². The lowest BCUT2D eigenvalue weighted by Crippen LogP contribution is -2.14. The largest absolute Gasteiger partial charge is 0.325 e. The molecule has 0 aliphatic heterocycles. The van der Waals surface area contributed by atoms with E-state index in [1.165, 1.54) is 22.3 Å².